The Morgan fingerprint density at radius 3 is 2.52 bits per heavy atom. The maximum Gasteiger partial charge on any atom is 0.223 e. The van der Waals surface area contributed by atoms with Gasteiger partial charge in [-0.05, 0) is 37.0 Å². The number of aromatic nitrogens is 3. The molecular formula is C23H30N3O2S+. The van der Waals surface area contributed by atoms with Gasteiger partial charge in [0.2, 0.25) is 12.4 Å². The van der Waals surface area contributed by atoms with Crippen LogP contribution in [0.5, 0.6) is 0 Å². The zero-order valence-corrected chi connectivity index (χ0v) is 18.5. The van der Waals surface area contributed by atoms with Crippen molar-refractivity contribution in [1.82, 2.24) is 9.55 Å². The molecule has 3 aromatic rings. The SMILES string of the molecule is CO[n+]1ccc(Sc2ccc3c(c2)nc(C(C)(C)C)n3CC2CCOCC2)cc1. The lowest BCUT2D eigenvalue weighted by Crippen LogP contribution is -2.39. The molecule has 3 heterocycles. The molecule has 1 aliphatic heterocycles. The summed E-state index contributed by atoms with van der Waals surface area (Å²) < 4.78 is 9.68. The van der Waals surface area contributed by atoms with E-state index in [2.05, 4.69) is 55.7 Å². The number of nitrogens with zero attached hydrogens (tertiary/aromatic N) is 3. The van der Waals surface area contributed by atoms with Crippen molar-refractivity contribution >= 4 is 22.8 Å². The maximum atomic E-state index is 5.55. The first-order valence-corrected chi connectivity index (χ1v) is 11.1. The van der Waals surface area contributed by atoms with Crippen molar-refractivity contribution in [2.45, 2.75) is 55.4 Å². The van der Waals surface area contributed by atoms with Crippen molar-refractivity contribution in [3.8, 4) is 0 Å². The third-order valence-corrected chi connectivity index (χ3v) is 6.39. The zero-order chi connectivity index (χ0) is 20.4. The van der Waals surface area contributed by atoms with Gasteiger partial charge in [0, 0.05) is 51.8 Å². The van der Waals surface area contributed by atoms with Gasteiger partial charge in [0.05, 0.1) is 11.0 Å². The molecule has 0 amide bonds. The first-order chi connectivity index (χ1) is 13.9. The van der Waals surface area contributed by atoms with E-state index in [9.17, 15) is 0 Å². The van der Waals surface area contributed by atoms with E-state index in [1.807, 2.05) is 12.4 Å². The van der Waals surface area contributed by atoms with E-state index in [0.717, 1.165) is 38.1 Å². The summed E-state index contributed by atoms with van der Waals surface area (Å²) in [5, 5.41) is 0. The number of imidazole rings is 1. The highest BCUT2D eigenvalue weighted by molar-refractivity contribution is 7.99. The van der Waals surface area contributed by atoms with Crippen LogP contribution in [0.2, 0.25) is 0 Å². The summed E-state index contributed by atoms with van der Waals surface area (Å²) in [6.07, 6.45) is 6.10. The van der Waals surface area contributed by atoms with Gasteiger partial charge in [-0.2, -0.15) is 0 Å². The Balaban J connectivity index is 1.65. The molecule has 0 atom stereocenters. The van der Waals surface area contributed by atoms with Gasteiger partial charge in [0.1, 0.15) is 12.9 Å². The van der Waals surface area contributed by atoms with Crippen molar-refractivity contribution < 1.29 is 14.3 Å². The molecule has 154 valence electrons. The Bertz CT molecular complexity index is 970. The number of fused-ring (bicyclic) bond motifs is 1. The van der Waals surface area contributed by atoms with Gasteiger partial charge in [-0.1, -0.05) is 32.5 Å². The van der Waals surface area contributed by atoms with Crippen LogP contribution in [0, 0.1) is 5.92 Å². The summed E-state index contributed by atoms with van der Waals surface area (Å²) in [5.74, 6) is 1.83. The molecule has 1 aliphatic rings. The van der Waals surface area contributed by atoms with Crippen LogP contribution in [0.1, 0.15) is 39.4 Å². The summed E-state index contributed by atoms with van der Waals surface area (Å²) in [7, 11) is 1.66. The van der Waals surface area contributed by atoms with Crippen molar-refractivity contribution in [3.05, 3.63) is 48.5 Å². The standard InChI is InChI=1S/C23H30N3O2S/c1-23(2,3)22-24-20-15-19(29-18-7-11-25(27-4)12-8-18)5-6-21(20)26(22)16-17-9-13-28-14-10-17/h5-8,11-12,15,17H,9-10,13-14,16H2,1-4H3/q+1. The van der Waals surface area contributed by atoms with Crippen LogP contribution < -0.4 is 9.57 Å². The Hall–Kier alpha value is -2.05. The first kappa shape index (κ1) is 20.2. The summed E-state index contributed by atoms with van der Waals surface area (Å²) in [6.45, 7) is 9.53. The molecule has 0 N–H and O–H groups in total. The van der Waals surface area contributed by atoms with E-state index in [-0.39, 0.29) is 5.41 Å². The molecule has 1 aromatic carbocycles. The van der Waals surface area contributed by atoms with Crippen molar-refractivity contribution in [2.24, 2.45) is 5.92 Å². The monoisotopic (exact) mass is 412 g/mol. The van der Waals surface area contributed by atoms with Crippen molar-refractivity contribution in [2.75, 3.05) is 20.3 Å². The summed E-state index contributed by atoms with van der Waals surface area (Å²) >= 11 is 1.75. The van der Waals surface area contributed by atoms with Gasteiger partial charge < -0.3 is 9.30 Å². The van der Waals surface area contributed by atoms with Gasteiger partial charge in [-0.15, -0.1) is 0 Å². The average Bonchev–Trinajstić information content (AvgIpc) is 3.07. The molecule has 29 heavy (non-hydrogen) atoms. The number of hydrogen-bond donors (Lipinski definition) is 0. The maximum absolute atomic E-state index is 5.55. The summed E-state index contributed by atoms with van der Waals surface area (Å²) in [6, 6.07) is 10.8. The van der Waals surface area contributed by atoms with E-state index < -0.39 is 0 Å². The van der Waals surface area contributed by atoms with Crippen LogP contribution in [0.25, 0.3) is 11.0 Å². The topological polar surface area (TPSA) is 40.2 Å². The smallest absolute Gasteiger partial charge is 0.223 e. The predicted molar refractivity (Wildman–Crippen MR) is 115 cm³/mol. The molecule has 4 rings (SSSR count). The molecular weight excluding hydrogens is 382 g/mol. The average molecular weight is 413 g/mol. The molecule has 0 saturated carbocycles. The van der Waals surface area contributed by atoms with Crippen molar-refractivity contribution in [1.29, 1.82) is 0 Å². The highest BCUT2D eigenvalue weighted by Crippen LogP contribution is 2.33. The van der Waals surface area contributed by atoms with E-state index in [4.69, 9.17) is 14.6 Å². The quantitative estimate of drug-likeness (QED) is 0.587. The Kier molecular flexibility index (Phi) is 5.83. The third kappa shape index (κ3) is 4.59. The normalized spacial score (nSPS) is 15.7. The van der Waals surface area contributed by atoms with Crippen LogP contribution >= 0.6 is 11.8 Å². The van der Waals surface area contributed by atoms with Crippen molar-refractivity contribution in [3.63, 3.8) is 0 Å². The largest absolute Gasteiger partial charge is 0.381 e. The van der Waals surface area contributed by atoms with Gasteiger partial charge >= 0.3 is 0 Å². The molecule has 1 fully saturated rings. The van der Waals surface area contributed by atoms with E-state index in [1.54, 1.807) is 23.6 Å². The number of pyridine rings is 1. The van der Waals surface area contributed by atoms with Crippen LogP contribution in [0.4, 0.5) is 0 Å². The lowest BCUT2D eigenvalue weighted by molar-refractivity contribution is -0.885. The Labute approximate surface area is 177 Å². The molecule has 2 aromatic heterocycles. The third-order valence-electron chi connectivity index (χ3n) is 5.39. The molecule has 1 saturated heterocycles. The minimum Gasteiger partial charge on any atom is -0.381 e. The van der Waals surface area contributed by atoms with E-state index in [0.29, 0.717) is 5.92 Å². The van der Waals surface area contributed by atoms with Gasteiger partial charge in [0.25, 0.3) is 0 Å². The zero-order valence-electron chi connectivity index (χ0n) is 17.7. The number of rotatable bonds is 5. The minimum absolute atomic E-state index is 0.00466. The molecule has 0 aliphatic carbocycles. The highest BCUT2D eigenvalue weighted by Gasteiger charge is 2.25. The van der Waals surface area contributed by atoms with Crippen LogP contribution in [-0.4, -0.2) is 29.9 Å². The van der Waals surface area contributed by atoms with E-state index >= 15 is 0 Å². The lowest BCUT2D eigenvalue weighted by atomic mass is 9.94. The predicted octanol–water partition coefficient (Wildman–Crippen LogP) is 4.26. The minimum atomic E-state index is 0.00466. The molecule has 0 bridgehead atoms. The molecule has 6 heteroatoms. The van der Waals surface area contributed by atoms with Crippen LogP contribution in [-0.2, 0) is 16.7 Å². The van der Waals surface area contributed by atoms with Crippen LogP contribution in [0.3, 0.4) is 0 Å². The molecule has 0 radical (unpaired) electrons. The second kappa shape index (κ2) is 8.36. The summed E-state index contributed by atoms with van der Waals surface area (Å²) in [5.41, 5.74) is 2.32. The van der Waals surface area contributed by atoms with Gasteiger partial charge in [-0.25, -0.2) is 4.98 Å². The number of ether oxygens (including phenoxy) is 1. The Morgan fingerprint density at radius 2 is 1.86 bits per heavy atom. The molecule has 0 spiro atoms. The van der Waals surface area contributed by atoms with E-state index in [1.165, 1.54) is 21.1 Å². The second-order valence-electron chi connectivity index (χ2n) is 8.68. The fraction of sp³-hybridized carbons (Fsp3) is 0.478. The summed E-state index contributed by atoms with van der Waals surface area (Å²) in [4.78, 5) is 12.6. The van der Waals surface area contributed by atoms with Gasteiger partial charge in [0.15, 0.2) is 0 Å². The lowest BCUT2D eigenvalue weighted by Gasteiger charge is -2.26. The molecule has 5 nitrogen and oxygen atoms in total. The highest BCUT2D eigenvalue weighted by atomic mass is 32.2. The second-order valence-corrected chi connectivity index (χ2v) is 9.83. The first-order valence-electron chi connectivity index (χ1n) is 10.3. The fourth-order valence-electron chi connectivity index (χ4n) is 3.84. The fourth-order valence-corrected chi connectivity index (χ4v) is 4.68. The molecule has 0 unspecified atom stereocenters. The number of benzene rings is 1. The Morgan fingerprint density at radius 1 is 1.14 bits per heavy atom. The number of hydrogen-bond acceptors (Lipinski definition) is 4. The van der Waals surface area contributed by atoms with Gasteiger partial charge in [-0.3, -0.25) is 4.84 Å². The van der Waals surface area contributed by atoms with Crippen LogP contribution in [0.15, 0.2) is 52.5 Å².